The molecule has 8 aromatic carbocycles. The van der Waals surface area contributed by atoms with E-state index in [1.807, 2.05) is 24.3 Å². The molecule has 0 fully saturated rings. The van der Waals surface area contributed by atoms with Crippen molar-refractivity contribution in [2.75, 3.05) is 0 Å². The van der Waals surface area contributed by atoms with E-state index < -0.39 is 0 Å². The van der Waals surface area contributed by atoms with Crippen molar-refractivity contribution >= 4 is 66.1 Å². The minimum Gasteiger partial charge on any atom is -0.344 e. The second-order valence-electron chi connectivity index (χ2n) is 13.8. The predicted octanol–water partition coefficient (Wildman–Crippen LogP) is 11.5. The first-order chi connectivity index (χ1) is 26.8. The molecule has 0 aliphatic carbocycles. The van der Waals surface area contributed by atoms with Gasteiger partial charge in [0.1, 0.15) is 12.0 Å². The second kappa shape index (κ2) is 12.2. The summed E-state index contributed by atoms with van der Waals surface area (Å²) in [4.78, 5) is 10.4. The van der Waals surface area contributed by atoms with Gasteiger partial charge in [0.25, 0.3) is 0 Å². The molecule has 1 aliphatic heterocycles. The Morgan fingerprint density at radius 3 is 1.74 bits per heavy atom. The predicted molar refractivity (Wildman–Crippen MR) is 224 cm³/mol. The fraction of sp³-hybridized carbons (Fsp3) is 0.0204. The smallest absolute Gasteiger partial charge is 0.159 e. The lowest BCUT2D eigenvalue weighted by molar-refractivity contribution is 0.674. The van der Waals surface area contributed by atoms with E-state index in [-0.39, 0.29) is 6.17 Å². The van der Waals surface area contributed by atoms with Crippen LogP contribution < -0.4 is 5.32 Å². The molecule has 5 heteroatoms. The highest BCUT2D eigenvalue weighted by Gasteiger charge is 2.25. The summed E-state index contributed by atoms with van der Waals surface area (Å²) in [5.74, 6) is 1.52. The number of benzene rings is 8. The van der Waals surface area contributed by atoms with Crippen LogP contribution in [0.3, 0.4) is 0 Å². The van der Waals surface area contributed by atoms with Crippen LogP contribution in [0.4, 0.5) is 0 Å². The molecule has 1 atom stereocenters. The van der Waals surface area contributed by atoms with Gasteiger partial charge >= 0.3 is 0 Å². The number of fused-ring (bicyclic) bond motifs is 8. The van der Waals surface area contributed by atoms with Gasteiger partial charge in [-0.2, -0.15) is 0 Å². The molecule has 5 nitrogen and oxygen atoms in total. The van der Waals surface area contributed by atoms with Crippen molar-refractivity contribution in [1.29, 1.82) is 0 Å². The van der Waals surface area contributed by atoms with E-state index >= 15 is 0 Å². The maximum absolute atomic E-state index is 5.24. The van der Waals surface area contributed by atoms with Gasteiger partial charge in [-0.15, -0.1) is 0 Å². The van der Waals surface area contributed by atoms with E-state index in [1.54, 1.807) is 0 Å². The van der Waals surface area contributed by atoms with Crippen LogP contribution in [0.25, 0.3) is 65.8 Å². The van der Waals surface area contributed by atoms with Crippen LogP contribution in [0.15, 0.2) is 198 Å². The van der Waals surface area contributed by atoms with Crippen LogP contribution in [0, 0.1) is 0 Å². The van der Waals surface area contributed by atoms with Crippen LogP contribution in [0.1, 0.15) is 22.9 Å². The summed E-state index contributed by atoms with van der Waals surface area (Å²) >= 11 is 0. The summed E-state index contributed by atoms with van der Waals surface area (Å²) in [5, 5.41) is 10.9. The average Bonchev–Trinajstić information content (AvgIpc) is 3.77. The van der Waals surface area contributed by atoms with Crippen LogP contribution in [-0.4, -0.2) is 20.8 Å². The number of hydrogen-bond donors (Lipinski definition) is 1. The normalized spacial score (nSPS) is 14.5. The lowest BCUT2D eigenvalue weighted by Gasteiger charge is -2.24. The quantitative estimate of drug-likeness (QED) is 0.192. The first kappa shape index (κ1) is 30.4. The highest BCUT2D eigenvalue weighted by molar-refractivity contribution is 6.26. The van der Waals surface area contributed by atoms with E-state index in [1.165, 1.54) is 38.1 Å². The maximum Gasteiger partial charge on any atom is 0.159 e. The Morgan fingerprint density at radius 2 is 1.00 bits per heavy atom. The van der Waals surface area contributed by atoms with Crippen LogP contribution in [0.2, 0.25) is 0 Å². The highest BCUT2D eigenvalue weighted by atomic mass is 15.2. The van der Waals surface area contributed by atoms with Gasteiger partial charge < -0.3 is 14.5 Å². The SMILES string of the molecule is c1ccc(C2=NC(c3ccccc3)NC(c3cc4c5ccccc5n(-c5ccc6c7ccccc7n(-c7ccccc7)c6c5)c4c4ccccc34)=N2)cc1. The molecular weight excluding hydrogens is 659 g/mol. The Labute approximate surface area is 311 Å². The Balaban J connectivity index is 1.18. The molecule has 254 valence electrons. The maximum atomic E-state index is 5.24. The minimum absolute atomic E-state index is 0.284. The third-order valence-electron chi connectivity index (χ3n) is 10.7. The summed E-state index contributed by atoms with van der Waals surface area (Å²) in [7, 11) is 0. The monoisotopic (exact) mass is 691 g/mol. The largest absolute Gasteiger partial charge is 0.344 e. The molecule has 2 aromatic heterocycles. The van der Waals surface area contributed by atoms with Crippen molar-refractivity contribution < 1.29 is 0 Å². The van der Waals surface area contributed by atoms with Crippen molar-refractivity contribution in [1.82, 2.24) is 14.5 Å². The topological polar surface area (TPSA) is 46.6 Å². The summed E-state index contributed by atoms with van der Waals surface area (Å²) in [6, 6.07) is 66.8. The minimum atomic E-state index is -0.284. The van der Waals surface area contributed by atoms with E-state index in [9.17, 15) is 0 Å². The van der Waals surface area contributed by atoms with E-state index in [4.69, 9.17) is 9.98 Å². The van der Waals surface area contributed by atoms with Crippen molar-refractivity contribution in [3.63, 3.8) is 0 Å². The van der Waals surface area contributed by atoms with Gasteiger partial charge in [-0.3, -0.25) is 0 Å². The molecule has 1 N–H and O–H groups in total. The molecule has 0 amide bonds. The Kier molecular flexibility index (Phi) is 6.85. The number of aromatic nitrogens is 2. The number of nitrogens with one attached hydrogen (secondary N) is 1. The molecular formula is C49H33N5. The van der Waals surface area contributed by atoms with Gasteiger partial charge in [0, 0.05) is 49.4 Å². The molecule has 54 heavy (non-hydrogen) atoms. The third kappa shape index (κ3) is 4.72. The fourth-order valence-corrected chi connectivity index (χ4v) is 8.35. The summed E-state index contributed by atoms with van der Waals surface area (Å²) in [6.07, 6.45) is -0.284. The first-order valence-electron chi connectivity index (χ1n) is 18.4. The van der Waals surface area contributed by atoms with Gasteiger partial charge in [-0.1, -0.05) is 146 Å². The van der Waals surface area contributed by atoms with Crippen molar-refractivity contribution in [2.45, 2.75) is 6.17 Å². The van der Waals surface area contributed by atoms with Crippen LogP contribution in [0.5, 0.6) is 0 Å². The number of aliphatic imine (C=N–C) groups is 2. The van der Waals surface area contributed by atoms with Gasteiger partial charge in [0.2, 0.25) is 0 Å². The van der Waals surface area contributed by atoms with Crippen molar-refractivity contribution in [3.8, 4) is 11.4 Å². The molecule has 0 saturated carbocycles. The molecule has 11 rings (SSSR count). The standard InChI is InChI=1S/C49H33N5/c1-4-16-32(17-5-1)47-50-48(33-18-6-2-7-19-33)52-49(51-47)42-31-41-38-24-13-15-27-44(38)54(46(41)40-25-11-10-22-36(40)42)35-28-29-39-37-23-12-14-26-43(37)53(45(39)30-35)34-20-8-3-9-21-34/h1-31,47H,(H,50,51,52). The molecule has 0 radical (unpaired) electrons. The van der Waals surface area contributed by atoms with E-state index in [0.717, 1.165) is 50.2 Å². The van der Waals surface area contributed by atoms with E-state index in [0.29, 0.717) is 5.84 Å². The molecule has 0 spiro atoms. The number of para-hydroxylation sites is 3. The summed E-state index contributed by atoms with van der Waals surface area (Å²) in [5.41, 5.74) is 10.1. The molecule has 10 aromatic rings. The van der Waals surface area contributed by atoms with Gasteiger partial charge in [0.05, 0.1) is 22.1 Å². The zero-order chi connectivity index (χ0) is 35.6. The molecule has 0 bridgehead atoms. The summed E-state index contributed by atoms with van der Waals surface area (Å²) < 4.78 is 4.84. The molecule has 3 heterocycles. The highest BCUT2D eigenvalue weighted by Crippen LogP contribution is 2.40. The van der Waals surface area contributed by atoms with Gasteiger partial charge in [-0.25, -0.2) is 9.98 Å². The van der Waals surface area contributed by atoms with Crippen molar-refractivity contribution in [3.05, 3.63) is 205 Å². The number of hydrogen-bond acceptors (Lipinski definition) is 3. The van der Waals surface area contributed by atoms with E-state index in [2.05, 4.69) is 178 Å². The zero-order valence-corrected chi connectivity index (χ0v) is 29.3. The first-order valence-corrected chi connectivity index (χ1v) is 18.4. The van der Waals surface area contributed by atoms with Gasteiger partial charge in [0.15, 0.2) is 5.84 Å². The molecule has 1 aliphatic rings. The second-order valence-corrected chi connectivity index (χ2v) is 13.8. The van der Waals surface area contributed by atoms with Crippen molar-refractivity contribution in [2.24, 2.45) is 9.98 Å². The summed E-state index contributed by atoms with van der Waals surface area (Å²) in [6.45, 7) is 0. The average molecular weight is 692 g/mol. The Bertz CT molecular complexity index is 3120. The molecule has 1 unspecified atom stereocenters. The molecule has 0 saturated heterocycles. The zero-order valence-electron chi connectivity index (χ0n) is 29.3. The number of rotatable bonds is 5. The lowest BCUT2D eigenvalue weighted by Crippen LogP contribution is -2.33. The van der Waals surface area contributed by atoms with Gasteiger partial charge in [-0.05, 0) is 53.4 Å². The van der Waals surface area contributed by atoms with Crippen LogP contribution in [-0.2, 0) is 0 Å². The fourth-order valence-electron chi connectivity index (χ4n) is 8.35. The number of nitrogens with zero attached hydrogens (tertiary/aromatic N) is 4. The Morgan fingerprint density at radius 1 is 0.426 bits per heavy atom. The third-order valence-corrected chi connectivity index (χ3v) is 10.7. The Hall–Kier alpha value is -7.24. The van der Waals surface area contributed by atoms with Crippen LogP contribution >= 0.6 is 0 Å². The number of amidine groups is 2. The lowest BCUT2D eigenvalue weighted by atomic mass is 9.98.